The van der Waals surface area contributed by atoms with E-state index >= 15 is 0 Å². The second kappa shape index (κ2) is 7.88. The Morgan fingerprint density at radius 3 is 2.60 bits per heavy atom. The Morgan fingerprint density at radius 2 is 1.90 bits per heavy atom. The summed E-state index contributed by atoms with van der Waals surface area (Å²) in [5, 5.41) is 0.492. The molecule has 8 heteroatoms. The molecule has 0 aliphatic heterocycles. The number of carbonyl (C=O) groups excluding carboxylic acids is 2. The highest BCUT2D eigenvalue weighted by atomic mass is 35.5. The molecule has 0 aliphatic carbocycles. The van der Waals surface area contributed by atoms with Crippen LogP contribution < -0.4 is 5.73 Å². The van der Waals surface area contributed by atoms with Crippen LogP contribution in [0, 0.1) is 5.82 Å². The van der Waals surface area contributed by atoms with Gasteiger partial charge in [-0.3, -0.25) is 9.59 Å². The molecular formula is C22H14ClFN4O2. The zero-order valence-electron chi connectivity index (χ0n) is 15.4. The SMILES string of the molecule is NC(=O)/C=C/c1c[nH]c2ncc(-c3ccc(C(=O)c4ccc(Cl)cc4)c(F)c3)nc12. The number of rotatable bonds is 5. The average molecular weight is 421 g/mol. The van der Waals surface area contributed by atoms with Crippen LogP contribution in [0.15, 0.2) is 60.9 Å². The van der Waals surface area contributed by atoms with E-state index in [4.69, 9.17) is 17.3 Å². The van der Waals surface area contributed by atoms with Gasteiger partial charge < -0.3 is 10.7 Å². The van der Waals surface area contributed by atoms with E-state index in [-0.39, 0.29) is 5.56 Å². The van der Waals surface area contributed by atoms with Crippen LogP contribution in [0.25, 0.3) is 28.5 Å². The van der Waals surface area contributed by atoms with Crippen LogP contribution in [0.1, 0.15) is 21.5 Å². The van der Waals surface area contributed by atoms with Crippen molar-refractivity contribution in [3.05, 3.63) is 88.5 Å². The molecule has 30 heavy (non-hydrogen) atoms. The predicted octanol–water partition coefficient (Wildman–Crippen LogP) is 4.15. The summed E-state index contributed by atoms with van der Waals surface area (Å²) in [6.45, 7) is 0. The summed E-state index contributed by atoms with van der Waals surface area (Å²) in [5.41, 5.74) is 7.93. The molecule has 0 saturated carbocycles. The molecule has 1 amide bonds. The van der Waals surface area contributed by atoms with Crippen LogP contribution in [0.2, 0.25) is 5.02 Å². The third-order valence-electron chi connectivity index (χ3n) is 4.45. The van der Waals surface area contributed by atoms with Crippen molar-refractivity contribution >= 4 is 40.5 Å². The zero-order valence-corrected chi connectivity index (χ0v) is 16.2. The monoisotopic (exact) mass is 420 g/mol. The first kappa shape index (κ1) is 19.5. The van der Waals surface area contributed by atoms with E-state index in [0.717, 1.165) is 0 Å². The predicted molar refractivity (Wildman–Crippen MR) is 112 cm³/mol. The number of halogens is 2. The number of hydrogen-bond acceptors (Lipinski definition) is 4. The number of benzene rings is 2. The van der Waals surface area contributed by atoms with E-state index < -0.39 is 17.5 Å². The Bertz CT molecular complexity index is 1310. The molecule has 3 N–H and O–H groups in total. The minimum Gasteiger partial charge on any atom is -0.366 e. The Hall–Kier alpha value is -3.84. The van der Waals surface area contributed by atoms with E-state index in [1.165, 1.54) is 30.5 Å². The van der Waals surface area contributed by atoms with Crippen molar-refractivity contribution < 1.29 is 14.0 Å². The van der Waals surface area contributed by atoms with E-state index in [1.807, 2.05) is 0 Å². The highest BCUT2D eigenvalue weighted by molar-refractivity contribution is 6.30. The lowest BCUT2D eigenvalue weighted by molar-refractivity contribution is -0.113. The number of hydrogen-bond donors (Lipinski definition) is 2. The second-order valence-electron chi connectivity index (χ2n) is 6.46. The van der Waals surface area contributed by atoms with E-state index in [1.54, 1.807) is 36.5 Å². The molecule has 0 aliphatic rings. The van der Waals surface area contributed by atoms with Gasteiger partial charge in [0.1, 0.15) is 11.3 Å². The molecule has 0 saturated heterocycles. The van der Waals surface area contributed by atoms with Gasteiger partial charge in [-0.15, -0.1) is 0 Å². The zero-order chi connectivity index (χ0) is 21.3. The fourth-order valence-electron chi connectivity index (χ4n) is 2.96. The quantitative estimate of drug-likeness (QED) is 0.374. The fourth-order valence-corrected chi connectivity index (χ4v) is 3.09. The summed E-state index contributed by atoms with van der Waals surface area (Å²) in [6.07, 6.45) is 5.88. The van der Waals surface area contributed by atoms with Gasteiger partial charge in [-0.2, -0.15) is 0 Å². The van der Waals surface area contributed by atoms with Crippen molar-refractivity contribution in [1.82, 2.24) is 15.0 Å². The molecule has 2 heterocycles. The standard InChI is InChI=1S/C22H14ClFN4O2/c23-15-5-1-12(2-6-15)21(30)16-7-3-13(9-17(16)24)18-11-27-22-20(28-18)14(10-26-22)4-8-19(25)29/h1-11H,(H2,25,29)(H,26,27)/b8-4+. The summed E-state index contributed by atoms with van der Waals surface area (Å²) in [5.74, 6) is -1.70. The first-order valence-electron chi connectivity index (χ1n) is 8.84. The largest absolute Gasteiger partial charge is 0.366 e. The summed E-state index contributed by atoms with van der Waals surface area (Å²) in [4.78, 5) is 35.3. The lowest BCUT2D eigenvalue weighted by atomic mass is 10.0. The maximum atomic E-state index is 14.7. The van der Waals surface area contributed by atoms with E-state index in [0.29, 0.717) is 38.6 Å². The molecule has 0 radical (unpaired) electrons. The molecule has 6 nitrogen and oxygen atoms in total. The number of H-pyrrole nitrogens is 1. The third kappa shape index (κ3) is 3.83. The number of nitrogens with one attached hydrogen (secondary N) is 1. The van der Waals surface area contributed by atoms with Crippen molar-refractivity contribution in [2.45, 2.75) is 0 Å². The normalized spacial score (nSPS) is 11.3. The van der Waals surface area contributed by atoms with Gasteiger partial charge in [0, 0.05) is 34.0 Å². The summed E-state index contributed by atoms with van der Waals surface area (Å²) < 4.78 is 14.7. The fraction of sp³-hybridized carbons (Fsp3) is 0. The number of primary amides is 1. The van der Waals surface area contributed by atoms with E-state index in [9.17, 15) is 14.0 Å². The Balaban J connectivity index is 1.69. The van der Waals surface area contributed by atoms with Crippen LogP contribution in [-0.4, -0.2) is 26.6 Å². The van der Waals surface area contributed by atoms with E-state index in [2.05, 4.69) is 15.0 Å². The highest BCUT2D eigenvalue weighted by Crippen LogP contribution is 2.25. The lowest BCUT2D eigenvalue weighted by Crippen LogP contribution is -2.05. The summed E-state index contributed by atoms with van der Waals surface area (Å²) >= 11 is 5.83. The Kier molecular flexibility index (Phi) is 5.12. The first-order valence-corrected chi connectivity index (χ1v) is 9.22. The molecule has 0 atom stereocenters. The van der Waals surface area contributed by atoms with Crippen molar-refractivity contribution in [3.63, 3.8) is 0 Å². The van der Waals surface area contributed by atoms with Crippen molar-refractivity contribution in [1.29, 1.82) is 0 Å². The lowest BCUT2D eigenvalue weighted by Gasteiger charge is -2.06. The van der Waals surface area contributed by atoms with Crippen LogP contribution in [0.3, 0.4) is 0 Å². The van der Waals surface area contributed by atoms with Gasteiger partial charge in [0.2, 0.25) is 5.91 Å². The molecule has 0 spiro atoms. The molecule has 4 rings (SSSR count). The molecule has 0 unspecified atom stereocenters. The minimum absolute atomic E-state index is 0.0539. The topological polar surface area (TPSA) is 102 Å². The van der Waals surface area contributed by atoms with Crippen LogP contribution in [0.5, 0.6) is 0 Å². The number of ketones is 1. The molecular weight excluding hydrogens is 407 g/mol. The van der Waals surface area contributed by atoms with Crippen molar-refractivity contribution in [3.8, 4) is 11.3 Å². The Labute approximate surface area is 175 Å². The maximum absolute atomic E-state index is 14.7. The van der Waals surface area contributed by atoms with Gasteiger partial charge in [0.05, 0.1) is 17.5 Å². The molecule has 0 fully saturated rings. The average Bonchev–Trinajstić information content (AvgIpc) is 3.14. The summed E-state index contributed by atoms with van der Waals surface area (Å²) in [7, 11) is 0. The van der Waals surface area contributed by atoms with Crippen LogP contribution >= 0.6 is 11.6 Å². The van der Waals surface area contributed by atoms with Crippen molar-refractivity contribution in [2.24, 2.45) is 5.73 Å². The van der Waals surface area contributed by atoms with Gasteiger partial charge in [0.15, 0.2) is 11.4 Å². The van der Waals surface area contributed by atoms with Gasteiger partial charge >= 0.3 is 0 Å². The summed E-state index contributed by atoms with van der Waals surface area (Å²) in [6, 6.07) is 10.5. The number of fused-ring (bicyclic) bond motifs is 1. The molecule has 0 bridgehead atoms. The Morgan fingerprint density at radius 1 is 1.13 bits per heavy atom. The smallest absolute Gasteiger partial charge is 0.241 e. The third-order valence-corrected chi connectivity index (χ3v) is 4.71. The number of aromatic nitrogens is 3. The van der Waals surface area contributed by atoms with Gasteiger partial charge in [0.25, 0.3) is 0 Å². The minimum atomic E-state index is -0.669. The number of nitrogens with zero attached hydrogens (tertiary/aromatic N) is 2. The molecule has 2 aromatic heterocycles. The van der Waals surface area contributed by atoms with Gasteiger partial charge in [-0.1, -0.05) is 17.7 Å². The number of aromatic amines is 1. The number of carbonyl (C=O) groups is 2. The van der Waals surface area contributed by atoms with Gasteiger partial charge in [-0.25, -0.2) is 14.4 Å². The highest BCUT2D eigenvalue weighted by Gasteiger charge is 2.16. The van der Waals surface area contributed by atoms with Crippen LogP contribution in [-0.2, 0) is 4.79 Å². The van der Waals surface area contributed by atoms with Crippen LogP contribution in [0.4, 0.5) is 4.39 Å². The maximum Gasteiger partial charge on any atom is 0.241 e. The second-order valence-corrected chi connectivity index (χ2v) is 6.90. The number of nitrogens with two attached hydrogens (primary N) is 1. The first-order chi connectivity index (χ1) is 14.4. The van der Waals surface area contributed by atoms with Crippen molar-refractivity contribution in [2.75, 3.05) is 0 Å². The number of amides is 1. The van der Waals surface area contributed by atoms with Gasteiger partial charge in [-0.05, 0) is 42.5 Å². The molecule has 148 valence electrons. The molecule has 2 aromatic carbocycles. The molecule has 4 aromatic rings.